The van der Waals surface area contributed by atoms with Crippen molar-refractivity contribution in [1.29, 1.82) is 0 Å². The lowest BCUT2D eigenvalue weighted by Crippen LogP contribution is -2.17. The van der Waals surface area contributed by atoms with Crippen molar-refractivity contribution in [3.05, 3.63) is 113 Å². The summed E-state index contributed by atoms with van der Waals surface area (Å²) in [6.07, 6.45) is 0. The van der Waals surface area contributed by atoms with E-state index < -0.39 is 0 Å². The largest absolute Gasteiger partial charge is 0.326 e. The maximum Gasteiger partial charge on any atom is 0.274 e. The number of carbonyl (C=O) groups is 1. The molecule has 5 nitrogen and oxygen atoms in total. The number of nitrogens with two attached hydrogens (primary N) is 1. The normalized spacial score (nSPS) is 11.8. The fraction of sp³-hybridized carbons (Fsp3) is 0.154. The molecule has 0 fully saturated rings. The van der Waals surface area contributed by atoms with Gasteiger partial charge in [0.2, 0.25) is 0 Å². The zero-order valence-electron chi connectivity index (χ0n) is 17.7. The number of carbonyl (C=O) groups excluding carboxylic acids is 1. The van der Waals surface area contributed by atoms with Crippen LogP contribution in [0.1, 0.15) is 45.7 Å². The smallest absolute Gasteiger partial charge is 0.274 e. The monoisotopic (exact) mass is 410 g/mol. The second-order valence-corrected chi connectivity index (χ2v) is 7.67. The quantitative estimate of drug-likeness (QED) is 0.467. The highest BCUT2D eigenvalue weighted by Crippen LogP contribution is 2.26. The van der Waals surface area contributed by atoms with Gasteiger partial charge in [-0.15, -0.1) is 0 Å². The van der Waals surface area contributed by atoms with E-state index in [1.807, 2.05) is 67.6 Å². The summed E-state index contributed by atoms with van der Waals surface area (Å²) in [5.74, 6) is 0.0214. The van der Waals surface area contributed by atoms with Gasteiger partial charge in [-0.3, -0.25) is 4.79 Å². The third-order valence-corrected chi connectivity index (χ3v) is 5.40. The zero-order chi connectivity index (χ0) is 21.8. The van der Waals surface area contributed by atoms with Gasteiger partial charge in [0.1, 0.15) is 5.69 Å². The molecule has 1 heterocycles. The molecule has 1 unspecified atom stereocenters. The Morgan fingerprint density at radius 1 is 0.968 bits per heavy atom. The van der Waals surface area contributed by atoms with Crippen LogP contribution < -0.4 is 11.1 Å². The van der Waals surface area contributed by atoms with Crippen LogP contribution in [0.2, 0.25) is 0 Å². The molecule has 0 aliphatic heterocycles. The van der Waals surface area contributed by atoms with E-state index in [4.69, 9.17) is 5.73 Å². The van der Waals surface area contributed by atoms with E-state index in [1.54, 1.807) is 10.7 Å². The highest BCUT2D eigenvalue weighted by molar-refractivity contribution is 6.03. The zero-order valence-corrected chi connectivity index (χ0v) is 17.7. The number of nitrogens with zero attached hydrogens (tertiary/aromatic N) is 2. The van der Waals surface area contributed by atoms with Crippen LogP contribution in [0.3, 0.4) is 0 Å². The molecule has 4 rings (SSSR count). The summed E-state index contributed by atoms with van der Waals surface area (Å²) in [5.41, 5.74) is 12.0. The van der Waals surface area contributed by atoms with Crippen LogP contribution in [0.25, 0.3) is 5.69 Å². The molecule has 1 atom stereocenters. The molecular weight excluding hydrogens is 384 g/mol. The van der Waals surface area contributed by atoms with Crippen molar-refractivity contribution in [2.45, 2.75) is 26.3 Å². The lowest BCUT2D eigenvalue weighted by Gasteiger charge is -2.14. The van der Waals surface area contributed by atoms with Crippen molar-refractivity contribution in [3.63, 3.8) is 0 Å². The number of benzene rings is 3. The Bertz CT molecular complexity index is 1200. The first-order valence-corrected chi connectivity index (χ1v) is 10.4. The summed E-state index contributed by atoms with van der Waals surface area (Å²) in [7, 11) is 0. The second-order valence-electron chi connectivity index (χ2n) is 7.67. The minimum Gasteiger partial charge on any atom is -0.326 e. The molecular formula is C26H26N4O. The van der Waals surface area contributed by atoms with Crippen molar-refractivity contribution in [2.75, 3.05) is 5.32 Å². The predicted octanol–water partition coefficient (Wildman–Crippen LogP) is 5.04. The topological polar surface area (TPSA) is 72.9 Å². The summed E-state index contributed by atoms with van der Waals surface area (Å²) >= 11 is 0. The Labute approximate surface area is 182 Å². The summed E-state index contributed by atoms with van der Waals surface area (Å²) in [6, 6.07) is 27.9. The van der Waals surface area contributed by atoms with E-state index in [2.05, 4.69) is 35.5 Å². The molecule has 3 N–H and O–H groups in total. The average molecular weight is 411 g/mol. The van der Waals surface area contributed by atoms with Crippen LogP contribution in [0.15, 0.2) is 84.9 Å². The molecule has 4 aromatic rings. The van der Waals surface area contributed by atoms with Crippen molar-refractivity contribution >= 4 is 11.6 Å². The van der Waals surface area contributed by atoms with Gasteiger partial charge >= 0.3 is 0 Å². The van der Waals surface area contributed by atoms with Crippen LogP contribution in [0, 0.1) is 6.92 Å². The van der Waals surface area contributed by atoms with Crippen LogP contribution in [-0.4, -0.2) is 15.7 Å². The van der Waals surface area contributed by atoms with Gasteiger partial charge in [0, 0.05) is 18.2 Å². The number of aromatic nitrogens is 2. The molecule has 0 spiro atoms. The van der Waals surface area contributed by atoms with E-state index >= 15 is 0 Å². The molecule has 0 aliphatic carbocycles. The van der Waals surface area contributed by atoms with Gasteiger partial charge in [0.05, 0.1) is 11.4 Å². The number of hydrogen-bond acceptors (Lipinski definition) is 3. The average Bonchev–Trinajstić information content (AvgIpc) is 3.21. The van der Waals surface area contributed by atoms with Gasteiger partial charge in [0.15, 0.2) is 0 Å². The fourth-order valence-electron chi connectivity index (χ4n) is 3.69. The molecule has 5 heteroatoms. The molecule has 31 heavy (non-hydrogen) atoms. The van der Waals surface area contributed by atoms with Crippen LogP contribution in [0.5, 0.6) is 0 Å². The van der Waals surface area contributed by atoms with E-state index in [1.165, 1.54) is 5.56 Å². The van der Waals surface area contributed by atoms with Crippen molar-refractivity contribution in [1.82, 2.24) is 9.78 Å². The highest BCUT2D eigenvalue weighted by atomic mass is 16.2. The molecule has 1 aromatic heterocycles. The fourth-order valence-corrected chi connectivity index (χ4v) is 3.69. The number of nitrogens with one attached hydrogen (secondary N) is 1. The minimum atomic E-state index is -0.205. The lowest BCUT2D eigenvalue weighted by atomic mass is 9.93. The first-order chi connectivity index (χ1) is 15.0. The van der Waals surface area contributed by atoms with E-state index in [-0.39, 0.29) is 11.8 Å². The Morgan fingerprint density at radius 3 is 2.48 bits per heavy atom. The Morgan fingerprint density at radius 2 is 1.71 bits per heavy atom. The Balaban J connectivity index is 1.60. The number of rotatable bonds is 6. The first-order valence-electron chi connectivity index (χ1n) is 10.4. The summed E-state index contributed by atoms with van der Waals surface area (Å²) in [6.45, 7) is 4.48. The van der Waals surface area contributed by atoms with Gasteiger partial charge in [0.25, 0.3) is 5.91 Å². The van der Waals surface area contributed by atoms with Crippen molar-refractivity contribution in [3.8, 4) is 5.69 Å². The molecule has 1 amide bonds. The summed E-state index contributed by atoms with van der Waals surface area (Å²) in [5, 5.41) is 7.55. The van der Waals surface area contributed by atoms with E-state index in [0.29, 0.717) is 12.2 Å². The molecule has 0 aliphatic rings. The first kappa shape index (κ1) is 20.6. The molecule has 0 saturated carbocycles. The molecule has 0 bridgehead atoms. The van der Waals surface area contributed by atoms with Gasteiger partial charge in [-0.2, -0.15) is 5.10 Å². The van der Waals surface area contributed by atoms with Gasteiger partial charge in [-0.1, -0.05) is 61.5 Å². The number of aryl methyl sites for hydroxylation is 1. The lowest BCUT2D eigenvalue weighted by molar-refractivity contribution is 0.101. The van der Waals surface area contributed by atoms with Gasteiger partial charge in [-0.05, 0) is 53.9 Å². The van der Waals surface area contributed by atoms with Gasteiger partial charge in [-0.25, -0.2) is 4.68 Å². The van der Waals surface area contributed by atoms with Crippen molar-refractivity contribution < 1.29 is 4.79 Å². The number of amides is 1. The molecule has 3 aromatic carbocycles. The summed E-state index contributed by atoms with van der Waals surface area (Å²) < 4.78 is 1.67. The third-order valence-electron chi connectivity index (χ3n) is 5.40. The van der Waals surface area contributed by atoms with Crippen LogP contribution >= 0.6 is 0 Å². The van der Waals surface area contributed by atoms with Gasteiger partial charge < -0.3 is 11.1 Å². The summed E-state index contributed by atoms with van der Waals surface area (Å²) in [4.78, 5) is 13.1. The third kappa shape index (κ3) is 4.57. The predicted molar refractivity (Wildman–Crippen MR) is 125 cm³/mol. The van der Waals surface area contributed by atoms with Crippen LogP contribution in [-0.2, 0) is 6.54 Å². The highest BCUT2D eigenvalue weighted by Gasteiger charge is 2.17. The second kappa shape index (κ2) is 8.98. The van der Waals surface area contributed by atoms with Crippen molar-refractivity contribution in [2.24, 2.45) is 5.73 Å². The molecule has 0 saturated heterocycles. The SMILES string of the molecule is Cc1cc(C(=O)Nc2cccc(C(C)c3ccccc3)c2)n(-c2cccc(CN)c2)n1. The molecule has 0 radical (unpaired) electrons. The number of anilines is 1. The maximum absolute atomic E-state index is 13.1. The minimum absolute atomic E-state index is 0.205. The number of hydrogen-bond donors (Lipinski definition) is 2. The Kier molecular flexibility index (Phi) is 5.96. The maximum atomic E-state index is 13.1. The van der Waals surface area contributed by atoms with E-state index in [0.717, 1.165) is 28.2 Å². The van der Waals surface area contributed by atoms with E-state index in [9.17, 15) is 4.79 Å². The Hall–Kier alpha value is -3.70. The van der Waals surface area contributed by atoms with Crippen LogP contribution in [0.4, 0.5) is 5.69 Å². The molecule has 156 valence electrons. The standard InChI is InChI=1S/C26H26N4O/c1-18-14-25(30(29-18)24-13-6-8-20(15-24)17-27)26(31)28-23-12-7-11-22(16-23)19(2)21-9-4-3-5-10-21/h3-16,19H,17,27H2,1-2H3,(H,28,31).